The minimum Gasteiger partial charge on any atom is -0.490 e. The maximum absolute atomic E-state index is 13.7. The van der Waals surface area contributed by atoms with Gasteiger partial charge in [0.15, 0.2) is 17.0 Å². The zero-order valence-corrected chi connectivity index (χ0v) is 23.6. The van der Waals surface area contributed by atoms with E-state index in [0.29, 0.717) is 45.4 Å². The van der Waals surface area contributed by atoms with Gasteiger partial charge in [-0.2, -0.15) is 0 Å². The smallest absolute Gasteiger partial charge is 0.256 e. The third-order valence-corrected chi connectivity index (χ3v) is 8.91. The molecule has 0 aromatic heterocycles. The Hall–Kier alpha value is -3.14. The molecule has 2 fully saturated rings. The number of hydrogen-bond acceptors (Lipinski definition) is 6. The van der Waals surface area contributed by atoms with Gasteiger partial charge in [0, 0.05) is 33.8 Å². The zero-order valence-electron chi connectivity index (χ0n) is 21.2. The minimum absolute atomic E-state index is 0.170. The van der Waals surface area contributed by atoms with Gasteiger partial charge in [-0.15, -0.1) is 0 Å². The molecule has 6 rings (SSSR count). The van der Waals surface area contributed by atoms with Gasteiger partial charge in [-0.05, 0) is 77.2 Å². The highest BCUT2D eigenvalue weighted by Crippen LogP contribution is 2.58. The fraction of sp³-hybridized carbons (Fsp3) is 0.345. The van der Waals surface area contributed by atoms with Gasteiger partial charge in [0.05, 0.1) is 17.0 Å². The van der Waals surface area contributed by atoms with Gasteiger partial charge in [-0.1, -0.05) is 41.9 Å². The lowest BCUT2D eigenvalue weighted by molar-refractivity contribution is -0.534. The Morgan fingerprint density at radius 1 is 1.18 bits per heavy atom. The maximum atomic E-state index is 13.7. The van der Waals surface area contributed by atoms with E-state index in [2.05, 4.69) is 26.1 Å². The van der Waals surface area contributed by atoms with E-state index in [1.807, 2.05) is 61.5 Å². The summed E-state index contributed by atoms with van der Waals surface area (Å²) in [4.78, 5) is 28.4. The van der Waals surface area contributed by atoms with Crippen LogP contribution in [0.2, 0.25) is 5.02 Å². The predicted molar refractivity (Wildman–Crippen MR) is 151 cm³/mol. The molecule has 1 amide bonds. The van der Waals surface area contributed by atoms with Crippen LogP contribution in [0.15, 0.2) is 65.1 Å². The number of hydrogen-bond donors (Lipinski definition) is 1. The molecule has 0 aliphatic carbocycles. The third kappa shape index (κ3) is 4.10. The summed E-state index contributed by atoms with van der Waals surface area (Å²) in [5, 5.41) is 16.5. The summed E-state index contributed by atoms with van der Waals surface area (Å²) in [7, 11) is 0. The minimum atomic E-state index is -1.37. The van der Waals surface area contributed by atoms with Crippen LogP contribution >= 0.6 is 27.5 Å². The summed E-state index contributed by atoms with van der Waals surface area (Å²) in [5.74, 6) is 0.146. The molecule has 10 heteroatoms. The molecule has 0 saturated carbocycles. The number of carbonyl (C=O) groups excluding carboxylic acids is 1. The van der Waals surface area contributed by atoms with Gasteiger partial charge in [-0.25, -0.2) is 0 Å². The van der Waals surface area contributed by atoms with E-state index < -0.39 is 17.5 Å². The lowest BCUT2D eigenvalue weighted by atomic mass is 9.77. The lowest BCUT2D eigenvalue weighted by Crippen LogP contribution is -2.55. The van der Waals surface area contributed by atoms with Gasteiger partial charge < -0.3 is 14.8 Å². The summed E-state index contributed by atoms with van der Waals surface area (Å²) in [5.41, 5.74) is 1.59. The fourth-order valence-electron chi connectivity index (χ4n) is 6.74. The van der Waals surface area contributed by atoms with Crippen LogP contribution in [0, 0.1) is 10.1 Å². The Labute approximate surface area is 239 Å². The van der Waals surface area contributed by atoms with E-state index >= 15 is 0 Å². The number of rotatable bonds is 7. The summed E-state index contributed by atoms with van der Waals surface area (Å²) in [6, 6.07) is 17.1. The molecule has 39 heavy (non-hydrogen) atoms. The van der Waals surface area contributed by atoms with E-state index in [1.165, 1.54) is 0 Å². The highest BCUT2D eigenvalue weighted by atomic mass is 79.9. The van der Waals surface area contributed by atoms with Gasteiger partial charge in [-0.3, -0.25) is 19.8 Å². The average molecular weight is 613 g/mol. The molecule has 1 spiro atoms. The summed E-state index contributed by atoms with van der Waals surface area (Å²) < 4.78 is 12.8. The van der Waals surface area contributed by atoms with Crippen LogP contribution in [0.3, 0.4) is 0 Å². The van der Waals surface area contributed by atoms with Crippen molar-refractivity contribution < 1.29 is 19.2 Å². The van der Waals surface area contributed by atoms with Crippen LogP contribution in [0.5, 0.6) is 11.5 Å². The van der Waals surface area contributed by atoms with Crippen molar-refractivity contribution in [3.8, 4) is 11.5 Å². The summed E-state index contributed by atoms with van der Waals surface area (Å²) in [6.45, 7) is 3.16. The van der Waals surface area contributed by atoms with Crippen LogP contribution in [0.25, 0.3) is 0 Å². The molecule has 8 nitrogen and oxygen atoms in total. The van der Waals surface area contributed by atoms with Crippen molar-refractivity contribution >= 4 is 39.1 Å². The van der Waals surface area contributed by atoms with Crippen molar-refractivity contribution in [3.63, 3.8) is 0 Å². The molecule has 3 aliphatic heterocycles. The second kappa shape index (κ2) is 10.1. The topological polar surface area (TPSA) is 93.9 Å². The first-order valence-corrected chi connectivity index (χ1v) is 14.2. The quantitative estimate of drug-likeness (QED) is 0.255. The zero-order chi connectivity index (χ0) is 27.3. The lowest BCUT2D eigenvalue weighted by Gasteiger charge is -2.32. The van der Waals surface area contributed by atoms with E-state index in [1.54, 1.807) is 6.07 Å². The molecule has 4 atom stereocenters. The van der Waals surface area contributed by atoms with Crippen molar-refractivity contribution in [2.24, 2.45) is 0 Å². The van der Waals surface area contributed by atoms with Crippen LogP contribution in [0.1, 0.15) is 42.4 Å². The average Bonchev–Trinajstić information content (AvgIpc) is 3.56. The number of benzene rings is 3. The Bertz CT molecular complexity index is 1470. The number of fused-ring (bicyclic) bond motifs is 4. The Morgan fingerprint density at radius 3 is 2.77 bits per heavy atom. The second-order valence-corrected chi connectivity index (χ2v) is 11.4. The first-order valence-electron chi connectivity index (χ1n) is 13.0. The number of para-hydroxylation sites is 1. The first-order chi connectivity index (χ1) is 18.9. The van der Waals surface area contributed by atoms with Crippen molar-refractivity contribution in [1.82, 2.24) is 4.90 Å². The molecule has 2 saturated heterocycles. The molecule has 1 N–H and O–H groups in total. The van der Waals surface area contributed by atoms with Gasteiger partial charge in [0.1, 0.15) is 6.61 Å². The standard InChI is InChI=1S/C29H27BrClN3O5/c1-2-38-24-15-18(14-21(30)26(24)39-16-17-7-5-8-19(31)13-17)25-23-11-6-12-33(23)29(27(25)34(36)37)20-9-3-4-10-22(20)32-28(29)35/h3-5,7-10,13-15,23,25,27H,2,6,11-12,16H2,1H3,(H,32,35)/t23-,25+,27+,29+/m0/s1. The highest BCUT2D eigenvalue weighted by Gasteiger charge is 2.73. The highest BCUT2D eigenvalue weighted by molar-refractivity contribution is 9.10. The van der Waals surface area contributed by atoms with Gasteiger partial charge in [0.25, 0.3) is 11.9 Å². The number of nitrogens with zero attached hydrogens (tertiary/aromatic N) is 2. The SMILES string of the molecule is CCOc1cc([C@@H]2[C@@H]3CCCN3[C@@]3(C(=O)Nc4ccccc43)[C@@H]2[N+](=O)[O-])cc(Br)c1OCc1cccc(Cl)c1. The second-order valence-electron chi connectivity index (χ2n) is 10.1. The molecule has 3 aromatic carbocycles. The molecular formula is C29H27BrClN3O5. The number of amides is 1. The molecule has 3 aromatic rings. The molecule has 0 radical (unpaired) electrons. The van der Waals surface area contributed by atoms with Crippen LogP contribution in [-0.2, 0) is 16.9 Å². The summed E-state index contributed by atoms with van der Waals surface area (Å²) >= 11 is 9.78. The van der Waals surface area contributed by atoms with Gasteiger partial charge >= 0.3 is 0 Å². The molecule has 0 bridgehead atoms. The normalized spacial score (nSPS) is 25.4. The monoisotopic (exact) mass is 611 g/mol. The van der Waals surface area contributed by atoms with Gasteiger partial charge in [0.2, 0.25) is 0 Å². The Kier molecular flexibility index (Phi) is 6.77. The molecule has 202 valence electrons. The first kappa shape index (κ1) is 26.1. The van der Waals surface area contributed by atoms with E-state index in [0.717, 1.165) is 24.0 Å². The Morgan fingerprint density at radius 2 is 2.00 bits per heavy atom. The van der Waals surface area contributed by atoms with Crippen molar-refractivity contribution in [3.05, 3.63) is 97.0 Å². The van der Waals surface area contributed by atoms with Crippen molar-refractivity contribution in [1.29, 1.82) is 0 Å². The number of anilines is 1. The predicted octanol–water partition coefficient (Wildman–Crippen LogP) is 6.13. The van der Waals surface area contributed by atoms with Crippen LogP contribution in [-0.4, -0.2) is 41.0 Å². The van der Waals surface area contributed by atoms with Crippen molar-refractivity contribution in [2.75, 3.05) is 18.5 Å². The van der Waals surface area contributed by atoms with E-state index in [9.17, 15) is 14.9 Å². The van der Waals surface area contributed by atoms with Crippen molar-refractivity contribution in [2.45, 2.75) is 49.9 Å². The Balaban J connectivity index is 1.44. The van der Waals surface area contributed by atoms with E-state index in [4.69, 9.17) is 21.1 Å². The molecule has 3 heterocycles. The number of nitrogens with one attached hydrogen (secondary N) is 1. The third-order valence-electron chi connectivity index (χ3n) is 8.08. The number of halogens is 2. The number of ether oxygens (including phenoxy) is 2. The molecule has 0 unspecified atom stereocenters. The fourth-order valence-corrected chi connectivity index (χ4v) is 7.53. The van der Waals surface area contributed by atoms with Crippen LogP contribution < -0.4 is 14.8 Å². The number of carbonyl (C=O) groups is 1. The van der Waals surface area contributed by atoms with Crippen LogP contribution in [0.4, 0.5) is 5.69 Å². The maximum Gasteiger partial charge on any atom is 0.256 e. The molecule has 3 aliphatic rings. The number of nitro groups is 1. The summed E-state index contributed by atoms with van der Waals surface area (Å²) in [6.07, 6.45) is 1.63. The van der Waals surface area contributed by atoms with E-state index in [-0.39, 0.29) is 23.5 Å². The molecular weight excluding hydrogens is 586 g/mol. The largest absolute Gasteiger partial charge is 0.490 e.